The fourth-order valence-electron chi connectivity index (χ4n) is 2.67. The third-order valence-electron chi connectivity index (χ3n) is 3.67. The first-order chi connectivity index (χ1) is 8.72. The number of benzene rings is 1. The lowest BCUT2D eigenvalue weighted by Crippen LogP contribution is -2.05. The van der Waals surface area contributed by atoms with Crippen LogP contribution in [-0.2, 0) is 12.8 Å². The number of hydrogen-bond acceptors (Lipinski definition) is 2. The van der Waals surface area contributed by atoms with E-state index in [0.29, 0.717) is 0 Å². The van der Waals surface area contributed by atoms with E-state index in [4.69, 9.17) is 4.42 Å². The van der Waals surface area contributed by atoms with Crippen molar-refractivity contribution < 1.29 is 4.42 Å². The van der Waals surface area contributed by atoms with Crippen LogP contribution in [0.5, 0.6) is 0 Å². The molecule has 1 unspecified atom stereocenters. The van der Waals surface area contributed by atoms with Gasteiger partial charge >= 0.3 is 0 Å². The highest BCUT2D eigenvalue weighted by atomic mass is 16.3. The van der Waals surface area contributed by atoms with E-state index in [-0.39, 0.29) is 6.04 Å². The number of furan rings is 1. The van der Waals surface area contributed by atoms with Crippen molar-refractivity contribution in [2.24, 2.45) is 0 Å². The molecule has 0 saturated carbocycles. The molecule has 2 heteroatoms. The third-order valence-corrected chi connectivity index (χ3v) is 3.67. The van der Waals surface area contributed by atoms with Gasteiger partial charge in [0.15, 0.2) is 0 Å². The highest BCUT2D eigenvalue weighted by Crippen LogP contribution is 2.27. The molecule has 0 saturated heterocycles. The summed E-state index contributed by atoms with van der Waals surface area (Å²) in [7, 11) is 0. The van der Waals surface area contributed by atoms with Crippen molar-refractivity contribution in [3.05, 3.63) is 53.0 Å². The predicted octanol–water partition coefficient (Wildman–Crippen LogP) is 4.25. The summed E-state index contributed by atoms with van der Waals surface area (Å²) >= 11 is 0. The van der Waals surface area contributed by atoms with E-state index in [0.717, 1.165) is 11.5 Å². The lowest BCUT2D eigenvalue weighted by atomic mass is 10.1. The van der Waals surface area contributed by atoms with Crippen molar-refractivity contribution in [2.75, 3.05) is 5.32 Å². The van der Waals surface area contributed by atoms with Gasteiger partial charge < -0.3 is 9.73 Å². The Labute approximate surface area is 108 Å². The van der Waals surface area contributed by atoms with Crippen molar-refractivity contribution in [1.82, 2.24) is 0 Å². The summed E-state index contributed by atoms with van der Waals surface area (Å²) in [6.45, 7) is 4.11. The van der Waals surface area contributed by atoms with Gasteiger partial charge in [0.25, 0.3) is 0 Å². The number of nitrogens with one attached hydrogen (secondary N) is 1. The van der Waals surface area contributed by atoms with Crippen LogP contribution in [0.4, 0.5) is 5.69 Å². The molecule has 1 aliphatic carbocycles. The monoisotopic (exact) mass is 241 g/mol. The molecule has 0 fully saturated rings. The van der Waals surface area contributed by atoms with E-state index in [1.165, 1.54) is 36.1 Å². The van der Waals surface area contributed by atoms with Crippen LogP contribution in [0.25, 0.3) is 0 Å². The molecule has 0 spiro atoms. The first-order valence-electron chi connectivity index (χ1n) is 6.67. The topological polar surface area (TPSA) is 25.2 Å². The molecule has 1 aromatic carbocycles. The molecule has 1 atom stereocenters. The molecule has 2 nitrogen and oxygen atoms in total. The Morgan fingerprint density at radius 1 is 1.11 bits per heavy atom. The van der Waals surface area contributed by atoms with Crippen LogP contribution in [0, 0.1) is 6.92 Å². The second-order valence-corrected chi connectivity index (χ2v) is 5.15. The zero-order valence-corrected chi connectivity index (χ0v) is 11.0. The van der Waals surface area contributed by atoms with E-state index >= 15 is 0 Å². The van der Waals surface area contributed by atoms with Gasteiger partial charge in [-0.25, -0.2) is 0 Å². The molecule has 0 amide bonds. The Balaban J connectivity index is 1.76. The minimum atomic E-state index is 0.207. The van der Waals surface area contributed by atoms with Crippen LogP contribution in [0.3, 0.4) is 0 Å². The minimum Gasteiger partial charge on any atom is -0.464 e. The Morgan fingerprint density at radius 3 is 2.72 bits per heavy atom. The summed E-state index contributed by atoms with van der Waals surface area (Å²) < 4.78 is 5.65. The molecule has 18 heavy (non-hydrogen) atoms. The average Bonchev–Trinajstić information content (AvgIpc) is 2.96. The highest BCUT2D eigenvalue weighted by Gasteiger charge is 2.13. The third kappa shape index (κ3) is 2.15. The van der Waals surface area contributed by atoms with Crippen molar-refractivity contribution in [3.63, 3.8) is 0 Å². The van der Waals surface area contributed by atoms with Gasteiger partial charge in [-0.3, -0.25) is 0 Å². The van der Waals surface area contributed by atoms with E-state index in [1.54, 1.807) is 0 Å². The summed E-state index contributed by atoms with van der Waals surface area (Å²) in [6.07, 6.45) is 3.76. The number of hydrogen-bond donors (Lipinski definition) is 1. The second-order valence-electron chi connectivity index (χ2n) is 5.15. The van der Waals surface area contributed by atoms with Gasteiger partial charge in [-0.2, -0.15) is 0 Å². The first kappa shape index (κ1) is 11.4. The molecular weight excluding hydrogens is 222 g/mol. The Kier molecular flexibility index (Phi) is 2.86. The molecule has 3 rings (SSSR count). The molecule has 0 radical (unpaired) electrons. The fraction of sp³-hybridized carbons (Fsp3) is 0.375. The van der Waals surface area contributed by atoms with Gasteiger partial charge in [0, 0.05) is 5.69 Å². The van der Waals surface area contributed by atoms with Crippen molar-refractivity contribution in [1.29, 1.82) is 0 Å². The Morgan fingerprint density at radius 2 is 1.94 bits per heavy atom. The maximum Gasteiger partial charge on any atom is 0.126 e. The Hall–Kier alpha value is -1.70. The van der Waals surface area contributed by atoms with E-state index in [9.17, 15) is 0 Å². The van der Waals surface area contributed by atoms with Crippen LogP contribution in [0.1, 0.15) is 42.0 Å². The predicted molar refractivity (Wildman–Crippen MR) is 73.9 cm³/mol. The van der Waals surface area contributed by atoms with Crippen molar-refractivity contribution in [2.45, 2.75) is 39.2 Å². The van der Waals surface area contributed by atoms with Gasteiger partial charge in [0.1, 0.15) is 11.5 Å². The van der Waals surface area contributed by atoms with Crippen LogP contribution in [0.15, 0.2) is 34.7 Å². The summed E-state index contributed by atoms with van der Waals surface area (Å²) in [5, 5.41) is 3.51. The maximum absolute atomic E-state index is 5.65. The molecule has 94 valence electrons. The second kappa shape index (κ2) is 4.52. The highest BCUT2D eigenvalue weighted by molar-refractivity contribution is 5.51. The molecule has 0 bridgehead atoms. The van der Waals surface area contributed by atoms with Crippen LogP contribution < -0.4 is 5.32 Å². The zero-order chi connectivity index (χ0) is 12.5. The van der Waals surface area contributed by atoms with Crippen LogP contribution in [-0.4, -0.2) is 0 Å². The Bertz CT molecular complexity index is 556. The maximum atomic E-state index is 5.65. The number of rotatable bonds is 3. The smallest absolute Gasteiger partial charge is 0.126 e. The zero-order valence-electron chi connectivity index (χ0n) is 11.0. The van der Waals surface area contributed by atoms with Crippen molar-refractivity contribution in [3.8, 4) is 0 Å². The van der Waals surface area contributed by atoms with Gasteiger partial charge in [0.05, 0.1) is 6.04 Å². The summed E-state index contributed by atoms with van der Waals surface area (Å²) in [4.78, 5) is 0. The SMILES string of the molecule is Cc1ccc(C(C)Nc2ccc3c(c2)CCC3)o1. The van der Waals surface area contributed by atoms with Gasteiger partial charge in [-0.1, -0.05) is 6.07 Å². The quantitative estimate of drug-likeness (QED) is 0.869. The number of fused-ring (bicyclic) bond motifs is 1. The largest absolute Gasteiger partial charge is 0.464 e. The lowest BCUT2D eigenvalue weighted by molar-refractivity contribution is 0.467. The van der Waals surface area contributed by atoms with E-state index < -0.39 is 0 Å². The lowest BCUT2D eigenvalue weighted by Gasteiger charge is -2.14. The molecule has 0 aliphatic heterocycles. The van der Waals surface area contributed by atoms with E-state index in [2.05, 4.69) is 30.4 Å². The van der Waals surface area contributed by atoms with Gasteiger partial charge in [0.2, 0.25) is 0 Å². The normalized spacial score (nSPS) is 15.4. The van der Waals surface area contributed by atoms with E-state index in [1.807, 2.05) is 19.1 Å². The standard InChI is InChI=1S/C16H19NO/c1-11-6-9-16(18-11)12(2)17-15-8-7-13-4-3-5-14(13)10-15/h6-10,12,17H,3-5H2,1-2H3. The summed E-state index contributed by atoms with van der Waals surface area (Å²) in [6, 6.07) is 11.0. The van der Waals surface area contributed by atoms with Gasteiger partial charge in [-0.15, -0.1) is 0 Å². The molecule has 1 aliphatic rings. The minimum absolute atomic E-state index is 0.207. The molecule has 1 heterocycles. The molecular formula is C16H19NO. The number of anilines is 1. The summed E-state index contributed by atoms with van der Waals surface area (Å²) in [5.74, 6) is 1.96. The van der Waals surface area contributed by atoms with Crippen LogP contribution >= 0.6 is 0 Å². The molecule has 2 aromatic rings. The first-order valence-corrected chi connectivity index (χ1v) is 6.67. The average molecular weight is 241 g/mol. The molecule has 1 N–H and O–H groups in total. The fourth-order valence-corrected chi connectivity index (χ4v) is 2.67. The number of aryl methyl sites for hydroxylation is 3. The molecule has 1 aromatic heterocycles. The summed E-state index contributed by atoms with van der Waals surface area (Å²) in [5.41, 5.74) is 4.21. The van der Waals surface area contributed by atoms with Crippen LogP contribution in [0.2, 0.25) is 0 Å². The van der Waals surface area contributed by atoms with Crippen molar-refractivity contribution >= 4 is 5.69 Å². The van der Waals surface area contributed by atoms with Gasteiger partial charge in [-0.05, 0) is 68.5 Å².